The SMILES string of the molecule is C=CC=C.CC.CC.CCCCc1ccccc1.Cc1c(N)n(-c2ccccc2)c2ccc3c4ccccc4n(-c4ccccc4Cc4ccccc4)c3c12. The number of fused-ring (bicyclic) bond motifs is 5. The van der Waals surface area contributed by atoms with Crippen LogP contribution in [0, 0.1) is 6.92 Å². The molecular weight excluding hydrogens is 667 g/mol. The van der Waals surface area contributed by atoms with E-state index in [-0.39, 0.29) is 0 Å². The highest BCUT2D eigenvalue weighted by molar-refractivity contribution is 6.20. The number of rotatable bonds is 8. The molecule has 0 radical (unpaired) electrons. The van der Waals surface area contributed by atoms with Crippen LogP contribution >= 0.6 is 0 Å². The van der Waals surface area contributed by atoms with Crippen LogP contribution in [-0.4, -0.2) is 9.13 Å². The molecule has 2 heterocycles. The third kappa shape index (κ3) is 9.74. The van der Waals surface area contributed by atoms with Gasteiger partial charge in [0.05, 0.1) is 16.6 Å². The van der Waals surface area contributed by atoms with Gasteiger partial charge in [0.1, 0.15) is 5.82 Å². The summed E-state index contributed by atoms with van der Waals surface area (Å²) in [6.45, 7) is 19.1. The first-order valence-electron chi connectivity index (χ1n) is 19.8. The van der Waals surface area contributed by atoms with Gasteiger partial charge in [0.25, 0.3) is 0 Å². The minimum absolute atomic E-state index is 0.781. The molecule has 0 saturated heterocycles. The van der Waals surface area contributed by atoms with E-state index in [1.165, 1.54) is 68.8 Å². The molecule has 8 rings (SSSR count). The van der Waals surface area contributed by atoms with Crippen molar-refractivity contribution in [3.05, 3.63) is 199 Å². The second-order valence-corrected chi connectivity index (χ2v) is 12.7. The number of nitrogens with two attached hydrogens (primary N) is 1. The van der Waals surface area contributed by atoms with Gasteiger partial charge in [-0.3, -0.25) is 4.57 Å². The molecule has 0 saturated carbocycles. The van der Waals surface area contributed by atoms with Gasteiger partial charge in [-0.25, -0.2) is 0 Å². The van der Waals surface area contributed by atoms with E-state index < -0.39 is 0 Å². The maximum atomic E-state index is 6.81. The van der Waals surface area contributed by atoms with E-state index in [0.29, 0.717) is 0 Å². The Bertz CT molecular complexity index is 2360. The zero-order chi connectivity index (χ0) is 39.6. The van der Waals surface area contributed by atoms with Crippen molar-refractivity contribution in [2.24, 2.45) is 0 Å². The Labute approximate surface area is 330 Å². The average molecular weight is 726 g/mol. The fraction of sp³-hybridized carbons (Fsp3) is 0.192. The molecule has 0 amide bonds. The molecule has 3 heteroatoms. The monoisotopic (exact) mass is 725 g/mol. The van der Waals surface area contributed by atoms with Gasteiger partial charge in [0.15, 0.2) is 0 Å². The fourth-order valence-corrected chi connectivity index (χ4v) is 6.85. The first kappa shape index (κ1) is 41.7. The molecule has 55 heavy (non-hydrogen) atoms. The lowest BCUT2D eigenvalue weighted by molar-refractivity contribution is 0.795. The topological polar surface area (TPSA) is 35.9 Å². The molecule has 0 aliphatic rings. The Balaban J connectivity index is 0.000000314. The summed E-state index contributed by atoms with van der Waals surface area (Å²) in [6.07, 6.45) is 7.98. The van der Waals surface area contributed by atoms with Crippen molar-refractivity contribution in [3.8, 4) is 11.4 Å². The Morgan fingerprint density at radius 2 is 1.11 bits per heavy atom. The molecule has 282 valence electrons. The summed E-state index contributed by atoms with van der Waals surface area (Å²) < 4.78 is 4.63. The Morgan fingerprint density at radius 3 is 1.73 bits per heavy atom. The van der Waals surface area contributed by atoms with Gasteiger partial charge >= 0.3 is 0 Å². The summed E-state index contributed by atoms with van der Waals surface area (Å²) in [4.78, 5) is 0. The summed E-state index contributed by atoms with van der Waals surface area (Å²) in [6, 6.07) is 53.7. The van der Waals surface area contributed by atoms with Crippen molar-refractivity contribution in [1.82, 2.24) is 9.13 Å². The number of hydrogen-bond acceptors (Lipinski definition) is 1. The highest BCUT2D eigenvalue weighted by Gasteiger charge is 2.22. The number of nitrogens with zero attached hydrogens (tertiary/aromatic N) is 2. The van der Waals surface area contributed by atoms with Crippen LogP contribution in [0.3, 0.4) is 0 Å². The molecule has 0 aliphatic carbocycles. The van der Waals surface area contributed by atoms with E-state index in [1.807, 2.05) is 33.8 Å². The quantitative estimate of drug-likeness (QED) is 0.156. The molecule has 0 fully saturated rings. The number of para-hydroxylation sites is 3. The number of anilines is 1. The van der Waals surface area contributed by atoms with Gasteiger partial charge in [-0.2, -0.15) is 0 Å². The number of allylic oxidation sites excluding steroid dienone is 2. The molecule has 0 unspecified atom stereocenters. The molecule has 2 N–H and O–H groups in total. The van der Waals surface area contributed by atoms with E-state index >= 15 is 0 Å². The minimum atomic E-state index is 0.781. The molecule has 0 spiro atoms. The summed E-state index contributed by atoms with van der Waals surface area (Å²) in [5.41, 5.74) is 17.8. The van der Waals surface area contributed by atoms with Gasteiger partial charge in [-0.15, -0.1) is 0 Å². The second kappa shape index (κ2) is 21.6. The van der Waals surface area contributed by atoms with Gasteiger partial charge in [-0.1, -0.05) is 188 Å². The molecule has 6 aromatic carbocycles. The van der Waals surface area contributed by atoms with Crippen LogP contribution < -0.4 is 5.73 Å². The van der Waals surface area contributed by atoms with Gasteiger partial charge < -0.3 is 10.3 Å². The lowest BCUT2D eigenvalue weighted by Gasteiger charge is -2.15. The zero-order valence-electron chi connectivity index (χ0n) is 33.8. The lowest BCUT2D eigenvalue weighted by Crippen LogP contribution is -2.01. The van der Waals surface area contributed by atoms with Crippen molar-refractivity contribution in [2.45, 2.75) is 67.2 Å². The normalized spacial score (nSPS) is 10.1. The summed E-state index contributed by atoms with van der Waals surface area (Å²) >= 11 is 0. The van der Waals surface area contributed by atoms with Crippen LogP contribution in [0.5, 0.6) is 0 Å². The zero-order valence-corrected chi connectivity index (χ0v) is 33.8. The smallest absolute Gasteiger partial charge is 0.112 e. The van der Waals surface area contributed by atoms with Gasteiger partial charge in [0, 0.05) is 33.1 Å². The molecule has 8 aromatic rings. The molecule has 0 bridgehead atoms. The number of unbranched alkanes of at least 4 members (excludes halogenated alkanes) is 1. The molecule has 3 nitrogen and oxygen atoms in total. The summed E-state index contributed by atoms with van der Waals surface area (Å²) in [5.74, 6) is 0.781. The predicted octanol–water partition coefficient (Wildman–Crippen LogP) is 14.6. The standard InChI is InChI=1S/C34H27N3.C10H14.C4H6.2C2H6/c1-23-32-31(36(34(23)35)26-15-6-3-7-16-26)21-20-28-27-17-9-11-19-30(27)37(33(28)32)29-18-10-8-14-25(29)22-24-12-4-2-5-13-24;1-2-3-7-10-8-5-4-6-9-10;1-3-4-2;2*1-2/h2-21H,22,35H2,1H3;4-6,8-9H,2-3,7H2,1H3;3-4H,1-2H2;2*1-2H3. The highest BCUT2D eigenvalue weighted by atomic mass is 15.1. The van der Waals surface area contributed by atoms with Crippen LogP contribution in [0.25, 0.3) is 44.1 Å². The number of hydrogen-bond donors (Lipinski definition) is 1. The van der Waals surface area contributed by atoms with Crippen LogP contribution in [0.15, 0.2) is 177 Å². The van der Waals surface area contributed by atoms with Gasteiger partial charge in [-0.05, 0) is 73.2 Å². The predicted molar refractivity (Wildman–Crippen MR) is 244 cm³/mol. The van der Waals surface area contributed by atoms with Crippen molar-refractivity contribution in [3.63, 3.8) is 0 Å². The molecule has 0 atom stereocenters. The first-order valence-corrected chi connectivity index (χ1v) is 19.8. The van der Waals surface area contributed by atoms with E-state index in [1.54, 1.807) is 12.2 Å². The van der Waals surface area contributed by atoms with E-state index in [9.17, 15) is 0 Å². The third-order valence-electron chi connectivity index (χ3n) is 9.37. The Kier molecular flexibility index (Phi) is 16.4. The Morgan fingerprint density at radius 1 is 0.564 bits per heavy atom. The van der Waals surface area contributed by atoms with Crippen molar-refractivity contribution in [1.29, 1.82) is 0 Å². The van der Waals surface area contributed by atoms with E-state index in [0.717, 1.165) is 29.0 Å². The van der Waals surface area contributed by atoms with E-state index in [4.69, 9.17) is 5.73 Å². The number of aryl methyl sites for hydroxylation is 2. The molecular formula is C52H59N3. The maximum Gasteiger partial charge on any atom is 0.112 e. The maximum absolute atomic E-state index is 6.81. The minimum Gasteiger partial charge on any atom is -0.385 e. The van der Waals surface area contributed by atoms with E-state index in [2.05, 4.69) is 182 Å². The summed E-state index contributed by atoms with van der Waals surface area (Å²) in [7, 11) is 0. The van der Waals surface area contributed by atoms with Crippen LogP contribution in [0.2, 0.25) is 0 Å². The van der Waals surface area contributed by atoms with Crippen molar-refractivity contribution < 1.29 is 0 Å². The molecule has 0 aliphatic heterocycles. The van der Waals surface area contributed by atoms with Gasteiger partial charge in [0.2, 0.25) is 0 Å². The number of benzene rings is 6. The first-order chi connectivity index (χ1) is 27.1. The third-order valence-corrected chi connectivity index (χ3v) is 9.37. The number of nitrogen functional groups attached to an aromatic ring is 1. The fourth-order valence-electron chi connectivity index (χ4n) is 6.85. The van der Waals surface area contributed by atoms with Crippen LogP contribution in [0.4, 0.5) is 5.82 Å². The second-order valence-electron chi connectivity index (χ2n) is 12.7. The molecule has 2 aromatic heterocycles. The average Bonchev–Trinajstić information content (AvgIpc) is 3.73. The lowest BCUT2D eigenvalue weighted by atomic mass is 10.0. The summed E-state index contributed by atoms with van der Waals surface area (Å²) in [5, 5.41) is 3.69. The largest absolute Gasteiger partial charge is 0.385 e. The van der Waals surface area contributed by atoms with Crippen molar-refractivity contribution >= 4 is 38.5 Å². The Hall–Kier alpha value is -6.06. The number of aromatic nitrogens is 2. The van der Waals surface area contributed by atoms with Crippen LogP contribution in [-0.2, 0) is 12.8 Å². The highest BCUT2D eigenvalue weighted by Crippen LogP contribution is 2.42. The van der Waals surface area contributed by atoms with Crippen LogP contribution in [0.1, 0.15) is 69.7 Å². The van der Waals surface area contributed by atoms with Crippen molar-refractivity contribution in [2.75, 3.05) is 5.73 Å².